The van der Waals surface area contributed by atoms with Gasteiger partial charge in [0, 0.05) is 45.5 Å². The summed E-state index contributed by atoms with van der Waals surface area (Å²) in [5.74, 6) is 0.611. The van der Waals surface area contributed by atoms with E-state index < -0.39 is 11.7 Å². The average Bonchev–Trinajstić information content (AvgIpc) is 3.45. The molecule has 0 saturated carbocycles. The molecular formula is C32H32F3N7O. The van der Waals surface area contributed by atoms with E-state index in [1.165, 1.54) is 17.7 Å². The van der Waals surface area contributed by atoms with Gasteiger partial charge in [-0.05, 0) is 79.4 Å². The Morgan fingerprint density at radius 1 is 0.930 bits per heavy atom. The van der Waals surface area contributed by atoms with Crippen LogP contribution in [0, 0.1) is 11.3 Å². The Morgan fingerprint density at radius 3 is 2.30 bits per heavy atom. The number of alkyl halides is 3. The number of amides is 1. The summed E-state index contributed by atoms with van der Waals surface area (Å²) < 4.78 is 38.5. The van der Waals surface area contributed by atoms with Crippen molar-refractivity contribution in [3.05, 3.63) is 94.6 Å². The molecular weight excluding hydrogens is 555 g/mol. The largest absolute Gasteiger partial charge is 0.416 e. The molecule has 6 rings (SSSR count). The van der Waals surface area contributed by atoms with Gasteiger partial charge in [-0.15, -0.1) is 0 Å². The molecule has 2 aromatic heterocycles. The number of carbonyl (C=O) groups excluding carboxylic acids is 1. The molecule has 43 heavy (non-hydrogen) atoms. The SMILES string of the molecule is N#Cc1ccc(CN2CCC(c3ccc4nc(C(=O)N5CCN(Cc6ccc(C(F)(F)F)cc6)CC5)[nH]c4c3)CC2)nc1. The quantitative estimate of drug-likeness (QED) is 0.334. The lowest BCUT2D eigenvalue weighted by molar-refractivity contribution is -0.137. The fraction of sp³-hybridized carbons (Fsp3) is 0.375. The molecule has 2 aromatic carbocycles. The lowest BCUT2D eigenvalue weighted by Crippen LogP contribution is -2.48. The number of likely N-dealkylation sites (tertiary alicyclic amines) is 1. The number of rotatable bonds is 6. The monoisotopic (exact) mass is 587 g/mol. The highest BCUT2D eigenvalue weighted by molar-refractivity contribution is 5.94. The number of fused-ring (bicyclic) bond motifs is 1. The minimum absolute atomic E-state index is 0.142. The molecule has 222 valence electrons. The van der Waals surface area contributed by atoms with Crippen LogP contribution in [0.2, 0.25) is 0 Å². The van der Waals surface area contributed by atoms with Gasteiger partial charge in [-0.1, -0.05) is 18.2 Å². The Bertz CT molecular complexity index is 1610. The van der Waals surface area contributed by atoms with Crippen molar-refractivity contribution in [3.8, 4) is 6.07 Å². The van der Waals surface area contributed by atoms with Crippen LogP contribution < -0.4 is 0 Å². The van der Waals surface area contributed by atoms with Crippen molar-refractivity contribution in [2.45, 2.75) is 38.0 Å². The maximum atomic E-state index is 13.3. The van der Waals surface area contributed by atoms with Crippen molar-refractivity contribution >= 4 is 16.9 Å². The number of hydrogen-bond donors (Lipinski definition) is 1. The molecule has 4 aromatic rings. The Hall–Kier alpha value is -4.27. The second-order valence-corrected chi connectivity index (χ2v) is 11.3. The van der Waals surface area contributed by atoms with Gasteiger partial charge in [-0.25, -0.2) is 4.98 Å². The van der Waals surface area contributed by atoms with Crippen LogP contribution >= 0.6 is 0 Å². The summed E-state index contributed by atoms with van der Waals surface area (Å²) >= 11 is 0. The van der Waals surface area contributed by atoms with Crippen molar-refractivity contribution in [1.29, 1.82) is 5.26 Å². The normalized spacial score (nSPS) is 17.3. The number of piperidine rings is 1. The molecule has 11 heteroatoms. The molecule has 4 heterocycles. The van der Waals surface area contributed by atoms with Crippen molar-refractivity contribution in [1.82, 2.24) is 29.7 Å². The first-order valence-corrected chi connectivity index (χ1v) is 14.5. The molecule has 1 N–H and O–H groups in total. The Kier molecular flexibility index (Phi) is 8.15. The van der Waals surface area contributed by atoms with E-state index >= 15 is 0 Å². The maximum absolute atomic E-state index is 13.3. The summed E-state index contributed by atoms with van der Waals surface area (Å²) in [5, 5.41) is 8.96. The van der Waals surface area contributed by atoms with Crippen LogP contribution in [-0.4, -0.2) is 74.8 Å². The number of piperazine rings is 1. The average molecular weight is 588 g/mol. The van der Waals surface area contributed by atoms with Gasteiger partial charge in [0.25, 0.3) is 5.91 Å². The second-order valence-electron chi connectivity index (χ2n) is 11.3. The number of nitriles is 1. The van der Waals surface area contributed by atoms with Crippen LogP contribution in [0.5, 0.6) is 0 Å². The molecule has 0 bridgehead atoms. The maximum Gasteiger partial charge on any atom is 0.416 e. The van der Waals surface area contributed by atoms with Gasteiger partial charge in [0.1, 0.15) is 6.07 Å². The first-order chi connectivity index (χ1) is 20.7. The van der Waals surface area contributed by atoms with Crippen molar-refractivity contribution in [3.63, 3.8) is 0 Å². The van der Waals surface area contributed by atoms with Gasteiger partial charge in [0.2, 0.25) is 0 Å². The van der Waals surface area contributed by atoms with E-state index in [2.05, 4.69) is 43.0 Å². The summed E-state index contributed by atoms with van der Waals surface area (Å²) in [6.07, 6.45) is -0.669. The standard InChI is InChI=1S/C32H32F3N7O/c33-32(34,35)26-5-1-22(2-6-26)20-41-13-15-42(16-14-41)31(43)30-38-28-8-4-25(17-29(28)39-30)24-9-11-40(12-10-24)21-27-7-3-23(18-36)19-37-27/h1-8,17,19,24H,9-16,20-21H2,(H,38,39). The van der Waals surface area contributed by atoms with Gasteiger partial charge in [-0.2, -0.15) is 18.4 Å². The highest BCUT2D eigenvalue weighted by Crippen LogP contribution is 2.31. The van der Waals surface area contributed by atoms with E-state index in [0.717, 1.165) is 66.9 Å². The number of nitrogens with zero attached hydrogens (tertiary/aromatic N) is 6. The lowest BCUT2D eigenvalue weighted by Gasteiger charge is -2.34. The molecule has 2 saturated heterocycles. The molecule has 0 unspecified atom stereocenters. The molecule has 2 fully saturated rings. The van der Waals surface area contributed by atoms with Crippen molar-refractivity contribution < 1.29 is 18.0 Å². The van der Waals surface area contributed by atoms with Gasteiger partial charge < -0.3 is 9.88 Å². The predicted molar refractivity (Wildman–Crippen MR) is 155 cm³/mol. The number of aromatic amines is 1. The molecule has 0 spiro atoms. The van der Waals surface area contributed by atoms with E-state index in [1.54, 1.807) is 17.2 Å². The third kappa shape index (κ3) is 6.71. The number of hydrogen-bond acceptors (Lipinski definition) is 6. The first-order valence-electron chi connectivity index (χ1n) is 14.5. The van der Waals surface area contributed by atoms with E-state index in [-0.39, 0.29) is 5.91 Å². The van der Waals surface area contributed by atoms with Crippen LogP contribution in [0.3, 0.4) is 0 Å². The van der Waals surface area contributed by atoms with Crippen LogP contribution in [0.25, 0.3) is 11.0 Å². The number of benzene rings is 2. The minimum atomic E-state index is -4.34. The summed E-state index contributed by atoms with van der Waals surface area (Å²) in [6, 6.07) is 17.3. The topological polar surface area (TPSA) is 92.2 Å². The number of halogens is 3. The van der Waals surface area contributed by atoms with E-state index in [9.17, 15) is 18.0 Å². The molecule has 0 aliphatic carbocycles. The smallest absolute Gasteiger partial charge is 0.334 e. The van der Waals surface area contributed by atoms with E-state index in [1.807, 2.05) is 12.1 Å². The summed E-state index contributed by atoms with van der Waals surface area (Å²) in [5.41, 5.74) is 4.55. The first kappa shape index (κ1) is 28.8. The summed E-state index contributed by atoms with van der Waals surface area (Å²) in [7, 11) is 0. The zero-order valence-corrected chi connectivity index (χ0v) is 23.6. The second kappa shape index (κ2) is 12.1. The number of pyridine rings is 1. The van der Waals surface area contributed by atoms with Gasteiger partial charge in [0.05, 0.1) is 27.9 Å². The fourth-order valence-corrected chi connectivity index (χ4v) is 5.94. The molecule has 2 aliphatic heterocycles. The fourth-order valence-electron chi connectivity index (χ4n) is 5.94. The number of carbonyl (C=O) groups is 1. The van der Waals surface area contributed by atoms with Crippen molar-refractivity contribution in [2.75, 3.05) is 39.3 Å². The molecule has 0 atom stereocenters. The van der Waals surface area contributed by atoms with Crippen LogP contribution in [0.4, 0.5) is 13.2 Å². The van der Waals surface area contributed by atoms with Gasteiger partial charge in [-0.3, -0.25) is 19.6 Å². The Labute approximate surface area is 247 Å². The van der Waals surface area contributed by atoms with Gasteiger partial charge in [0.15, 0.2) is 5.82 Å². The Morgan fingerprint density at radius 2 is 1.65 bits per heavy atom. The highest BCUT2D eigenvalue weighted by Gasteiger charge is 2.30. The van der Waals surface area contributed by atoms with Gasteiger partial charge >= 0.3 is 6.18 Å². The number of nitrogens with one attached hydrogen (secondary N) is 1. The molecule has 2 aliphatic rings. The summed E-state index contributed by atoms with van der Waals surface area (Å²) in [6.45, 7) is 5.56. The summed E-state index contributed by atoms with van der Waals surface area (Å²) in [4.78, 5) is 31.8. The van der Waals surface area contributed by atoms with Crippen LogP contribution in [0.1, 0.15) is 57.3 Å². The third-order valence-corrected chi connectivity index (χ3v) is 8.45. The zero-order valence-electron chi connectivity index (χ0n) is 23.6. The van der Waals surface area contributed by atoms with E-state index in [4.69, 9.17) is 5.26 Å². The molecule has 8 nitrogen and oxygen atoms in total. The van der Waals surface area contributed by atoms with Crippen molar-refractivity contribution in [2.24, 2.45) is 0 Å². The predicted octanol–water partition coefficient (Wildman–Crippen LogP) is 5.19. The zero-order chi connectivity index (χ0) is 30.0. The van der Waals surface area contributed by atoms with Crippen LogP contribution in [-0.2, 0) is 19.3 Å². The Balaban J connectivity index is 1.01. The van der Waals surface area contributed by atoms with E-state index in [0.29, 0.717) is 50.0 Å². The molecule has 1 amide bonds. The minimum Gasteiger partial charge on any atom is -0.334 e. The van der Waals surface area contributed by atoms with Crippen LogP contribution in [0.15, 0.2) is 60.8 Å². The lowest BCUT2D eigenvalue weighted by atomic mass is 9.89. The highest BCUT2D eigenvalue weighted by atomic mass is 19.4. The number of aromatic nitrogens is 3. The molecule has 0 radical (unpaired) electrons. The number of imidazole rings is 1. The number of H-pyrrole nitrogens is 1. The third-order valence-electron chi connectivity index (χ3n) is 8.45.